The van der Waals surface area contributed by atoms with Crippen LogP contribution in [0, 0.1) is 22.7 Å². The summed E-state index contributed by atoms with van der Waals surface area (Å²) in [5.74, 6) is 0.626. The first-order chi connectivity index (χ1) is 13.4. The molecule has 0 unspecified atom stereocenters. The van der Waals surface area contributed by atoms with Crippen molar-refractivity contribution >= 4 is 27.3 Å². The fourth-order valence-corrected chi connectivity index (χ4v) is 3.64. The molecule has 8 heteroatoms. The largest absolute Gasteiger partial charge is 0.456 e. The van der Waals surface area contributed by atoms with Crippen LogP contribution in [0.25, 0.3) is 0 Å². The molecule has 3 rings (SSSR count). The molecule has 3 aromatic carbocycles. The van der Waals surface area contributed by atoms with Crippen LogP contribution in [0.2, 0.25) is 5.02 Å². The highest BCUT2D eigenvalue weighted by atomic mass is 35.5. The van der Waals surface area contributed by atoms with Crippen molar-refractivity contribution in [1.82, 2.24) is 0 Å². The Labute approximate surface area is 167 Å². The molecule has 3 aromatic rings. The lowest BCUT2D eigenvalue weighted by Gasteiger charge is -2.10. The van der Waals surface area contributed by atoms with Gasteiger partial charge in [-0.3, -0.25) is 4.72 Å². The summed E-state index contributed by atoms with van der Waals surface area (Å²) >= 11 is 5.97. The molecule has 138 valence electrons. The first-order valence-corrected chi connectivity index (χ1v) is 9.78. The Hall–Kier alpha value is -3.52. The summed E-state index contributed by atoms with van der Waals surface area (Å²) < 4.78 is 33.1. The van der Waals surface area contributed by atoms with Gasteiger partial charge in [-0.1, -0.05) is 23.7 Å². The molecule has 0 spiro atoms. The number of anilines is 1. The standard InChI is InChI=1S/C20H12ClN3O3S/c21-19-5-2-6-20(18(19)13-23)27-16-7-9-17(10-8-16)28(25,26)24-15-4-1-3-14(11-15)12-22/h1-11,24H. The predicted octanol–water partition coefficient (Wildman–Crippen LogP) is 4.68. The summed E-state index contributed by atoms with van der Waals surface area (Å²) in [5, 5.41) is 18.4. The third-order valence-corrected chi connectivity index (χ3v) is 5.41. The zero-order chi connectivity index (χ0) is 20.1. The van der Waals surface area contributed by atoms with Gasteiger partial charge in [0.2, 0.25) is 0 Å². The Morgan fingerprint density at radius 1 is 0.929 bits per heavy atom. The molecular formula is C20H12ClN3O3S. The normalized spacial score (nSPS) is 10.5. The minimum Gasteiger partial charge on any atom is -0.456 e. The number of rotatable bonds is 5. The van der Waals surface area contributed by atoms with Gasteiger partial charge in [0.05, 0.1) is 27.2 Å². The van der Waals surface area contributed by atoms with Gasteiger partial charge in [0, 0.05) is 0 Å². The lowest BCUT2D eigenvalue weighted by molar-refractivity contribution is 0.480. The SMILES string of the molecule is N#Cc1cccc(NS(=O)(=O)c2ccc(Oc3cccc(Cl)c3C#N)cc2)c1. The van der Waals surface area contributed by atoms with E-state index in [9.17, 15) is 13.7 Å². The zero-order valence-electron chi connectivity index (χ0n) is 14.3. The van der Waals surface area contributed by atoms with Gasteiger partial charge in [0.15, 0.2) is 0 Å². The van der Waals surface area contributed by atoms with Crippen LogP contribution in [0.15, 0.2) is 71.6 Å². The fourth-order valence-electron chi connectivity index (χ4n) is 2.38. The van der Waals surface area contributed by atoms with Gasteiger partial charge in [-0.2, -0.15) is 10.5 Å². The van der Waals surface area contributed by atoms with Gasteiger partial charge in [-0.05, 0) is 54.6 Å². The number of hydrogen-bond donors (Lipinski definition) is 1. The van der Waals surface area contributed by atoms with Crippen molar-refractivity contribution in [1.29, 1.82) is 10.5 Å². The smallest absolute Gasteiger partial charge is 0.261 e. The van der Waals surface area contributed by atoms with E-state index < -0.39 is 10.0 Å². The Morgan fingerprint density at radius 2 is 1.64 bits per heavy atom. The molecule has 0 atom stereocenters. The Morgan fingerprint density at radius 3 is 2.32 bits per heavy atom. The minimum atomic E-state index is -3.84. The molecule has 0 saturated heterocycles. The molecule has 1 N–H and O–H groups in total. The molecule has 0 aromatic heterocycles. The average molecular weight is 410 g/mol. The number of nitrogens with one attached hydrogen (secondary N) is 1. The maximum atomic E-state index is 12.5. The number of hydrogen-bond acceptors (Lipinski definition) is 5. The van der Waals surface area contributed by atoms with Gasteiger partial charge >= 0.3 is 0 Å². The number of nitrogens with zero attached hydrogens (tertiary/aromatic N) is 2. The highest BCUT2D eigenvalue weighted by molar-refractivity contribution is 7.92. The summed E-state index contributed by atoms with van der Waals surface area (Å²) in [4.78, 5) is 0.0220. The van der Waals surface area contributed by atoms with Crippen LogP contribution >= 0.6 is 11.6 Å². The summed E-state index contributed by atoms with van der Waals surface area (Å²) in [5.41, 5.74) is 0.829. The van der Waals surface area contributed by atoms with Crippen LogP contribution in [0.1, 0.15) is 11.1 Å². The highest BCUT2D eigenvalue weighted by Gasteiger charge is 2.15. The van der Waals surface area contributed by atoms with Crippen LogP contribution in [0.3, 0.4) is 0 Å². The molecule has 0 fully saturated rings. The first-order valence-electron chi connectivity index (χ1n) is 7.92. The van der Waals surface area contributed by atoms with E-state index in [2.05, 4.69) is 4.72 Å². The van der Waals surface area contributed by atoms with E-state index in [1.165, 1.54) is 30.3 Å². The van der Waals surface area contributed by atoms with E-state index in [0.29, 0.717) is 11.3 Å². The van der Waals surface area contributed by atoms with Crippen molar-refractivity contribution in [3.05, 3.63) is 82.9 Å². The number of ether oxygens (including phenoxy) is 1. The summed E-state index contributed by atoms with van der Waals surface area (Å²) in [6.45, 7) is 0. The monoisotopic (exact) mass is 409 g/mol. The Balaban J connectivity index is 1.81. The number of halogens is 1. The van der Waals surface area contributed by atoms with Crippen molar-refractivity contribution in [3.8, 4) is 23.6 Å². The molecule has 28 heavy (non-hydrogen) atoms. The molecule has 6 nitrogen and oxygen atoms in total. The van der Waals surface area contributed by atoms with Crippen molar-refractivity contribution in [2.24, 2.45) is 0 Å². The molecule has 0 saturated carbocycles. The van der Waals surface area contributed by atoms with Gasteiger partial charge in [-0.25, -0.2) is 8.42 Å². The van der Waals surface area contributed by atoms with Crippen molar-refractivity contribution in [2.75, 3.05) is 4.72 Å². The molecule has 0 aliphatic heterocycles. The van der Waals surface area contributed by atoms with Crippen LogP contribution in [-0.4, -0.2) is 8.42 Å². The third-order valence-electron chi connectivity index (χ3n) is 3.69. The molecule has 0 bridgehead atoms. The van der Waals surface area contributed by atoms with Gasteiger partial charge in [0.1, 0.15) is 23.1 Å². The van der Waals surface area contributed by atoms with Gasteiger partial charge in [-0.15, -0.1) is 0 Å². The van der Waals surface area contributed by atoms with Crippen LogP contribution in [0.5, 0.6) is 11.5 Å². The maximum absolute atomic E-state index is 12.5. The van der Waals surface area contributed by atoms with E-state index in [1.54, 1.807) is 36.4 Å². The fraction of sp³-hybridized carbons (Fsp3) is 0. The van der Waals surface area contributed by atoms with E-state index >= 15 is 0 Å². The van der Waals surface area contributed by atoms with Crippen LogP contribution < -0.4 is 9.46 Å². The molecule has 0 heterocycles. The third kappa shape index (κ3) is 4.24. The highest BCUT2D eigenvalue weighted by Crippen LogP contribution is 2.30. The number of nitriles is 2. The van der Waals surface area contributed by atoms with E-state index in [4.69, 9.17) is 21.6 Å². The van der Waals surface area contributed by atoms with E-state index in [1.807, 2.05) is 12.1 Å². The van der Waals surface area contributed by atoms with Gasteiger partial charge in [0.25, 0.3) is 10.0 Å². The van der Waals surface area contributed by atoms with Gasteiger partial charge < -0.3 is 4.74 Å². The molecule has 0 aliphatic carbocycles. The summed E-state index contributed by atoms with van der Waals surface area (Å²) in [7, 11) is -3.84. The second-order valence-electron chi connectivity index (χ2n) is 5.60. The Kier molecular flexibility index (Phi) is 5.51. The lowest BCUT2D eigenvalue weighted by Crippen LogP contribution is -2.12. The number of sulfonamides is 1. The van der Waals surface area contributed by atoms with Crippen LogP contribution in [0.4, 0.5) is 5.69 Å². The van der Waals surface area contributed by atoms with Crippen molar-refractivity contribution < 1.29 is 13.2 Å². The molecule has 0 amide bonds. The quantitative estimate of drug-likeness (QED) is 0.659. The second-order valence-corrected chi connectivity index (χ2v) is 7.69. The molecular weight excluding hydrogens is 398 g/mol. The molecule has 0 radical (unpaired) electrons. The van der Waals surface area contributed by atoms with E-state index in [0.717, 1.165) is 0 Å². The van der Waals surface area contributed by atoms with Crippen molar-refractivity contribution in [2.45, 2.75) is 4.90 Å². The lowest BCUT2D eigenvalue weighted by atomic mass is 10.2. The zero-order valence-corrected chi connectivity index (χ0v) is 15.8. The minimum absolute atomic E-state index is 0.0220. The Bertz CT molecular complexity index is 1210. The average Bonchev–Trinajstić information content (AvgIpc) is 2.68. The van der Waals surface area contributed by atoms with Crippen LogP contribution in [-0.2, 0) is 10.0 Å². The summed E-state index contributed by atoms with van der Waals surface area (Å²) in [6.07, 6.45) is 0. The maximum Gasteiger partial charge on any atom is 0.261 e. The van der Waals surface area contributed by atoms with Crippen molar-refractivity contribution in [3.63, 3.8) is 0 Å². The number of benzene rings is 3. The first kappa shape index (κ1) is 19.2. The second kappa shape index (κ2) is 8.01. The topological polar surface area (TPSA) is 103 Å². The molecule has 0 aliphatic rings. The predicted molar refractivity (Wildman–Crippen MR) is 105 cm³/mol. The summed E-state index contributed by atoms with van der Waals surface area (Å²) in [6, 6.07) is 20.6. The van der Waals surface area contributed by atoms with E-state index in [-0.39, 0.29) is 26.9 Å².